The number of rotatable bonds is 12. The summed E-state index contributed by atoms with van der Waals surface area (Å²) in [5.74, 6) is -1.56. The molecule has 226 valence electrons. The quantitative estimate of drug-likeness (QED) is 0.255. The molecule has 3 aromatic rings. The van der Waals surface area contributed by atoms with Crippen LogP contribution in [0.15, 0.2) is 60.8 Å². The van der Waals surface area contributed by atoms with Crippen LogP contribution in [0.2, 0.25) is 0 Å². The van der Waals surface area contributed by atoms with Crippen molar-refractivity contribution in [3.8, 4) is 0 Å². The fraction of sp³-hybridized carbons (Fsp3) is 0.419. The highest BCUT2D eigenvalue weighted by Crippen LogP contribution is 2.24. The topological polar surface area (TPSA) is 125 Å². The van der Waals surface area contributed by atoms with E-state index in [9.17, 15) is 19.2 Å². The van der Waals surface area contributed by atoms with Gasteiger partial charge in [0.05, 0.1) is 32.1 Å². The van der Waals surface area contributed by atoms with E-state index in [0.717, 1.165) is 5.56 Å². The number of hydrogen-bond acceptors (Lipinski definition) is 8. The fourth-order valence-corrected chi connectivity index (χ4v) is 4.41. The molecular weight excluding hydrogens is 542 g/mol. The van der Waals surface area contributed by atoms with Gasteiger partial charge in [0.2, 0.25) is 11.8 Å². The summed E-state index contributed by atoms with van der Waals surface area (Å²) in [5, 5.41) is 3.42. The summed E-state index contributed by atoms with van der Waals surface area (Å²) in [4.78, 5) is 53.5. The maximum absolute atomic E-state index is 13.2. The van der Waals surface area contributed by atoms with Gasteiger partial charge in [-0.3, -0.25) is 14.2 Å². The first-order valence-corrected chi connectivity index (χ1v) is 13.5. The largest absolute Gasteiger partial charge is 0.467 e. The van der Waals surface area contributed by atoms with Crippen LogP contribution in [-0.2, 0) is 46.2 Å². The molecule has 0 aliphatic carbocycles. The molecule has 0 saturated carbocycles. The van der Waals surface area contributed by atoms with Gasteiger partial charge in [0.1, 0.15) is 11.6 Å². The lowest BCUT2D eigenvalue weighted by atomic mass is 10.0. The second-order valence-electron chi connectivity index (χ2n) is 10.7. The highest BCUT2D eigenvalue weighted by atomic mass is 16.7. The predicted octanol–water partition coefficient (Wildman–Crippen LogP) is 3.32. The van der Waals surface area contributed by atoms with Gasteiger partial charge in [-0.1, -0.05) is 48.5 Å². The van der Waals surface area contributed by atoms with Crippen molar-refractivity contribution in [3.05, 3.63) is 71.9 Å². The summed E-state index contributed by atoms with van der Waals surface area (Å²) in [7, 11) is 4.10. The molecule has 3 rings (SSSR count). The zero-order valence-corrected chi connectivity index (χ0v) is 24.9. The van der Waals surface area contributed by atoms with Crippen LogP contribution < -0.4 is 5.32 Å². The van der Waals surface area contributed by atoms with Crippen molar-refractivity contribution in [3.63, 3.8) is 0 Å². The zero-order chi connectivity index (χ0) is 30.9. The third kappa shape index (κ3) is 8.89. The van der Waals surface area contributed by atoms with E-state index < -0.39 is 35.9 Å². The molecule has 1 atom stereocenters. The minimum atomic E-state index is -1.09. The van der Waals surface area contributed by atoms with Crippen molar-refractivity contribution in [2.45, 2.75) is 51.5 Å². The van der Waals surface area contributed by atoms with Crippen molar-refractivity contribution in [1.82, 2.24) is 14.8 Å². The van der Waals surface area contributed by atoms with Crippen LogP contribution in [-0.4, -0.2) is 85.7 Å². The Morgan fingerprint density at radius 2 is 1.57 bits per heavy atom. The van der Waals surface area contributed by atoms with Gasteiger partial charge >= 0.3 is 12.1 Å². The first-order valence-electron chi connectivity index (χ1n) is 13.5. The Morgan fingerprint density at radius 1 is 0.929 bits per heavy atom. The molecule has 11 nitrogen and oxygen atoms in total. The number of carbonyl (C=O) groups is 4. The highest BCUT2D eigenvalue weighted by molar-refractivity contribution is 5.93. The maximum atomic E-state index is 13.2. The molecule has 0 bridgehead atoms. The minimum Gasteiger partial charge on any atom is -0.467 e. The van der Waals surface area contributed by atoms with E-state index in [4.69, 9.17) is 18.9 Å². The van der Waals surface area contributed by atoms with Gasteiger partial charge in [-0.15, -0.1) is 0 Å². The average molecular weight is 582 g/mol. The lowest BCUT2D eigenvalue weighted by Crippen LogP contribution is -2.50. The van der Waals surface area contributed by atoms with Crippen LogP contribution in [0.25, 0.3) is 10.9 Å². The molecule has 1 unspecified atom stereocenters. The number of aromatic nitrogens is 1. The summed E-state index contributed by atoms with van der Waals surface area (Å²) >= 11 is 0. The summed E-state index contributed by atoms with van der Waals surface area (Å²) in [5.41, 5.74) is 1.30. The number of nitrogens with zero attached hydrogens (tertiary/aromatic N) is 2. The summed E-state index contributed by atoms with van der Waals surface area (Å²) in [6.45, 7) is 4.97. The average Bonchev–Trinajstić information content (AvgIpc) is 3.32. The fourth-order valence-electron chi connectivity index (χ4n) is 4.41. The predicted molar refractivity (Wildman–Crippen MR) is 156 cm³/mol. The minimum absolute atomic E-state index is 0.00163. The Balaban J connectivity index is 1.82. The van der Waals surface area contributed by atoms with E-state index >= 15 is 0 Å². The van der Waals surface area contributed by atoms with Crippen LogP contribution in [0.4, 0.5) is 4.79 Å². The Kier molecular flexibility index (Phi) is 11.2. The number of para-hydroxylation sites is 1. The molecule has 42 heavy (non-hydrogen) atoms. The molecule has 2 aromatic carbocycles. The Hall–Kier alpha value is -4.22. The number of carbonyl (C=O) groups excluding carboxylic acids is 4. The molecule has 0 radical (unpaired) electrons. The molecule has 0 saturated heterocycles. The SMILES string of the molecule is COC(=O)C(Cc1cn(C(=O)OC(C)(C)C)c2ccccc12)NC(=O)CN(CC(OC)OC)C(=O)Cc1ccccc1. The van der Waals surface area contributed by atoms with Gasteiger partial charge in [0.25, 0.3) is 0 Å². The van der Waals surface area contributed by atoms with Crippen molar-refractivity contribution >= 4 is 34.8 Å². The Labute approximate surface area is 245 Å². The van der Waals surface area contributed by atoms with Crippen molar-refractivity contribution in [2.24, 2.45) is 0 Å². The van der Waals surface area contributed by atoms with Crippen LogP contribution in [0.3, 0.4) is 0 Å². The molecular formula is C31H39N3O8. The second kappa shape index (κ2) is 14.6. The van der Waals surface area contributed by atoms with Crippen LogP contribution in [0, 0.1) is 0 Å². The summed E-state index contributed by atoms with van der Waals surface area (Å²) in [6.07, 6.45) is 0.373. The number of nitrogens with one attached hydrogen (secondary N) is 1. The molecule has 1 aromatic heterocycles. The van der Waals surface area contributed by atoms with Crippen molar-refractivity contribution in [2.75, 3.05) is 34.4 Å². The van der Waals surface area contributed by atoms with Gasteiger partial charge in [-0.25, -0.2) is 9.59 Å². The highest BCUT2D eigenvalue weighted by Gasteiger charge is 2.28. The summed E-state index contributed by atoms with van der Waals surface area (Å²) < 4.78 is 22.4. The zero-order valence-electron chi connectivity index (χ0n) is 24.9. The molecule has 0 aliphatic heterocycles. The lowest BCUT2D eigenvalue weighted by molar-refractivity contribution is -0.150. The van der Waals surface area contributed by atoms with Crippen molar-refractivity contribution in [1.29, 1.82) is 0 Å². The van der Waals surface area contributed by atoms with E-state index in [1.54, 1.807) is 39.1 Å². The first-order chi connectivity index (χ1) is 19.9. The third-order valence-corrected chi connectivity index (χ3v) is 6.41. The number of ether oxygens (including phenoxy) is 4. The van der Waals surface area contributed by atoms with E-state index in [2.05, 4.69) is 5.32 Å². The van der Waals surface area contributed by atoms with Crippen LogP contribution in [0.1, 0.15) is 31.9 Å². The third-order valence-electron chi connectivity index (χ3n) is 6.41. The Morgan fingerprint density at radius 3 is 2.19 bits per heavy atom. The van der Waals surface area contributed by atoms with Gasteiger partial charge in [0, 0.05) is 32.2 Å². The smallest absolute Gasteiger partial charge is 0.419 e. The monoisotopic (exact) mass is 581 g/mol. The first kappa shape index (κ1) is 32.3. The molecule has 0 spiro atoms. The van der Waals surface area contributed by atoms with Gasteiger partial charge in [-0.2, -0.15) is 0 Å². The van der Waals surface area contributed by atoms with Crippen LogP contribution in [0.5, 0.6) is 0 Å². The molecule has 0 aliphatic rings. The number of methoxy groups -OCH3 is 3. The lowest BCUT2D eigenvalue weighted by Gasteiger charge is -2.27. The number of fused-ring (bicyclic) bond motifs is 1. The van der Waals surface area contributed by atoms with Gasteiger partial charge < -0.3 is 29.2 Å². The molecule has 11 heteroatoms. The standard InChI is InChI=1S/C31H39N3O8/c1-31(2,3)42-30(38)34-18-22(23-14-10-11-15-25(23)34)17-24(29(37)41-6)32-26(35)19-33(20-28(39-4)40-5)27(36)16-21-12-8-7-9-13-21/h7-15,18,24,28H,16-17,19-20H2,1-6H3,(H,32,35). The van der Waals surface area contributed by atoms with E-state index in [-0.39, 0.29) is 31.8 Å². The van der Waals surface area contributed by atoms with E-state index in [0.29, 0.717) is 16.5 Å². The molecule has 1 heterocycles. The van der Waals surface area contributed by atoms with E-state index in [1.165, 1.54) is 30.8 Å². The molecule has 1 N–H and O–H groups in total. The second-order valence-corrected chi connectivity index (χ2v) is 10.7. The maximum Gasteiger partial charge on any atom is 0.419 e. The number of hydrogen-bond donors (Lipinski definition) is 1. The van der Waals surface area contributed by atoms with Gasteiger partial charge in [-0.05, 0) is 38.0 Å². The Bertz CT molecular complexity index is 1380. The number of amides is 2. The molecule has 2 amide bonds. The van der Waals surface area contributed by atoms with Crippen LogP contribution >= 0.6 is 0 Å². The van der Waals surface area contributed by atoms with Gasteiger partial charge in [0.15, 0.2) is 6.29 Å². The molecule has 0 fully saturated rings. The van der Waals surface area contributed by atoms with E-state index in [1.807, 2.05) is 42.5 Å². The number of esters is 1. The number of benzene rings is 2. The van der Waals surface area contributed by atoms with Crippen molar-refractivity contribution < 1.29 is 38.1 Å². The summed E-state index contributed by atoms with van der Waals surface area (Å²) in [6, 6.07) is 15.3. The normalized spacial score (nSPS) is 12.2.